The van der Waals surface area contributed by atoms with Gasteiger partial charge in [0.1, 0.15) is 0 Å². The Hall–Kier alpha value is -1.69. The van der Waals surface area contributed by atoms with Crippen LogP contribution in [0.4, 0.5) is 0 Å². The quantitative estimate of drug-likeness (QED) is 0.712. The van der Waals surface area contributed by atoms with E-state index in [0.717, 1.165) is 17.5 Å². The molecular weight excluding hydrogens is 351 g/mol. The summed E-state index contributed by atoms with van der Waals surface area (Å²) in [7, 11) is 0. The maximum Gasteiger partial charge on any atom is 0.272 e. The first kappa shape index (κ1) is 12.3. The van der Waals surface area contributed by atoms with Gasteiger partial charge in [0.25, 0.3) is 5.56 Å². The maximum atomic E-state index is 11.7. The van der Waals surface area contributed by atoms with Crippen LogP contribution in [0.1, 0.15) is 11.3 Å². The van der Waals surface area contributed by atoms with E-state index in [1.807, 2.05) is 36.4 Å². The molecule has 3 nitrogen and oxygen atoms in total. The lowest BCUT2D eigenvalue weighted by molar-refractivity contribution is 0.932. The number of rotatable bonds is 2. The summed E-state index contributed by atoms with van der Waals surface area (Å²) in [4.78, 5) is 11.7. The Morgan fingerprint density at radius 1 is 1.00 bits per heavy atom. The van der Waals surface area contributed by atoms with Crippen LogP contribution in [0.3, 0.4) is 0 Å². The van der Waals surface area contributed by atoms with Crippen molar-refractivity contribution < 1.29 is 0 Å². The minimum Gasteiger partial charge on any atom is -0.267 e. The second-order valence-corrected chi connectivity index (χ2v) is 5.48. The summed E-state index contributed by atoms with van der Waals surface area (Å²) in [5.74, 6) is 0. The van der Waals surface area contributed by atoms with Gasteiger partial charge in [0.15, 0.2) is 0 Å². The van der Waals surface area contributed by atoms with E-state index in [9.17, 15) is 4.79 Å². The van der Waals surface area contributed by atoms with Gasteiger partial charge in [-0.05, 0) is 40.3 Å². The van der Waals surface area contributed by atoms with Crippen LogP contribution < -0.4 is 5.56 Å². The van der Waals surface area contributed by atoms with Crippen LogP contribution in [-0.2, 0) is 6.42 Å². The lowest BCUT2D eigenvalue weighted by Crippen LogP contribution is -2.11. The fourth-order valence-electron chi connectivity index (χ4n) is 2.13. The molecule has 1 heterocycles. The van der Waals surface area contributed by atoms with Gasteiger partial charge in [-0.25, -0.2) is 5.10 Å². The van der Waals surface area contributed by atoms with Gasteiger partial charge in [0.2, 0.25) is 0 Å². The van der Waals surface area contributed by atoms with Crippen LogP contribution in [0.15, 0.2) is 53.3 Å². The van der Waals surface area contributed by atoms with Crippen molar-refractivity contribution in [2.24, 2.45) is 0 Å². The Labute approximate surface area is 123 Å². The number of halogens is 1. The Kier molecular flexibility index (Phi) is 3.33. The van der Waals surface area contributed by atoms with Gasteiger partial charge in [-0.3, -0.25) is 4.79 Å². The van der Waals surface area contributed by atoms with Crippen molar-refractivity contribution in [1.29, 1.82) is 0 Å². The standard InChI is InChI=1S/C15H11IN2O/c16-13-8-4-1-5-10(13)9-14-11-6-2-3-7-12(11)15(19)18-17-14/h1-8H,9H2,(H,18,19). The molecule has 0 atom stereocenters. The van der Waals surface area contributed by atoms with Crippen LogP contribution in [0.2, 0.25) is 0 Å². The molecule has 0 bridgehead atoms. The smallest absolute Gasteiger partial charge is 0.267 e. The first-order valence-electron chi connectivity index (χ1n) is 5.95. The molecule has 0 saturated heterocycles. The summed E-state index contributed by atoms with van der Waals surface area (Å²) in [5, 5.41) is 8.39. The highest BCUT2D eigenvalue weighted by Gasteiger charge is 2.08. The molecule has 0 aliphatic carbocycles. The number of hydrogen-bond donors (Lipinski definition) is 1. The third kappa shape index (κ3) is 2.40. The molecule has 4 heteroatoms. The van der Waals surface area contributed by atoms with Gasteiger partial charge >= 0.3 is 0 Å². The minimum absolute atomic E-state index is 0.137. The van der Waals surface area contributed by atoms with E-state index in [0.29, 0.717) is 5.39 Å². The zero-order valence-corrected chi connectivity index (χ0v) is 12.2. The lowest BCUT2D eigenvalue weighted by Gasteiger charge is -2.06. The predicted molar refractivity (Wildman–Crippen MR) is 84.3 cm³/mol. The molecule has 1 aromatic heterocycles. The molecule has 0 amide bonds. The van der Waals surface area contributed by atoms with Gasteiger partial charge in [0, 0.05) is 15.4 Å². The highest BCUT2D eigenvalue weighted by molar-refractivity contribution is 14.1. The number of nitrogens with one attached hydrogen (secondary N) is 1. The number of H-pyrrole nitrogens is 1. The monoisotopic (exact) mass is 362 g/mol. The minimum atomic E-state index is -0.137. The van der Waals surface area contributed by atoms with Crippen LogP contribution in [0, 0.1) is 3.57 Å². The van der Waals surface area contributed by atoms with Crippen LogP contribution in [-0.4, -0.2) is 10.2 Å². The number of hydrogen-bond acceptors (Lipinski definition) is 2. The van der Waals surface area contributed by atoms with E-state index in [-0.39, 0.29) is 5.56 Å². The zero-order valence-electron chi connectivity index (χ0n) is 10.1. The Morgan fingerprint density at radius 2 is 1.68 bits per heavy atom. The highest BCUT2D eigenvalue weighted by Crippen LogP contribution is 2.19. The van der Waals surface area contributed by atoms with Gasteiger partial charge in [-0.2, -0.15) is 5.10 Å². The molecule has 2 aromatic carbocycles. The number of nitrogens with zero attached hydrogens (tertiary/aromatic N) is 1. The van der Waals surface area contributed by atoms with E-state index in [2.05, 4.69) is 44.9 Å². The van der Waals surface area contributed by atoms with E-state index < -0.39 is 0 Å². The average Bonchev–Trinajstić information content (AvgIpc) is 2.44. The van der Waals surface area contributed by atoms with E-state index in [4.69, 9.17) is 0 Å². The molecule has 0 saturated carbocycles. The summed E-state index contributed by atoms with van der Waals surface area (Å²) >= 11 is 2.32. The first-order valence-corrected chi connectivity index (χ1v) is 7.03. The fraction of sp³-hybridized carbons (Fsp3) is 0.0667. The van der Waals surface area contributed by atoms with Gasteiger partial charge in [0.05, 0.1) is 11.1 Å². The van der Waals surface area contributed by atoms with E-state index >= 15 is 0 Å². The number of fused-ring (bicyclic) bond motifs is 1. The summed E-state index contributed by atoms with van der Waals surface area (Å²) in [5.41, 5.74) is 1.98. The molecule has 0 spiro atoms. The molecule has 0 unspecified atom stereocenters. The van der Waals surface area contributed by atoms with Crippen molar-refractivity contribution in [2.75, 3.05) is 0 Å². The second kappa shape index (κ2) is 5.13. The molecule has 1 N–H and O–H groups in total. The average molecular weight is 362 g/mol. The largest absolute Gasteiger partial charge is 0.272 e. The Bertz CT molecular complexity index is 795. The van der Waals surface area contributed by atoms with Crippen LogP contribution in [0.25, 0.3) is 10.8 Å². The predicted octanol–water partition coefficient (Wildman–Crippen LogP) is 3.12. The molecule has 0 aliphatic heterocycles. The van der Waals surface area contributed by atoms with Gasteiger partial charge < -0.3 is 0 Å². The van der Waals surface area contributed by atoms with E-state index in [1.165, 1.54) is 9.13 Å². The van der Waals surface area contributed by atoms with Gasteiger partial charge in [-0.15, -0.1) is 0 Å². The SMILES string of the molecule is O=c1[nH]nc(Cc2ccccc2I)c2ccccc12. The molecule has 94 valence electrons. The number of aromatic amines is 1. The van der Waals surface area contributed by atoms with Crippen molar-refractivity contribution in [3.8, 4) is 0 Å². The van der Waals surface area contributed by atoms with Crippen molar-refractivity contribution in [3.63, 3.8) is 0 Å². The molecule has 3 rings (SSSR count). The van der Waals surface area contributed by atoms with Gasteiger partial charge in [-0.1, -0.05) is 36.4 Å². The highest BCUT2D eigenvalue weighted by atomic mass is 127. The molecule has 0 fully saturated rings. The summed E-state index contributed by atoms with van der Waals surface area (Å²) in [6.07, 6.45) is 0.719. The second-order valence-electron chi connectivity index (χ2n) is 4.31. The molecular formula is C15H11IN2O. The summed E-state index contributed by atoms with van der Waals surface area (Å²) < 4.78 is 1.21. The lowest BCUT2D eigenvalue weighted by atomic mass is 10.0. The summed E-state index contributed by atoms with van der Waals surface area (Å²) in [6, 6.07) is 15.8. The fourth-order valence-corrected chi connectivity index (χ4v) is 2.71. The normalized spacial score (nSPS) is 10.8. The van der Waals surface area contributed by atoms with Crippen molar-refractivity contribution >= 4 is 33.4 Å². The van der Waals surface area contributed by atoms with Crippen molar-refractivity contribution in [1.82, 2.24) is 10.2 Å². The third-order valence-corrected chi connectivity index (χ3v) is 4.14. The molecule has 0 radical (unpaired) electrons. The van der Waals surface area contributed by atoms with E-state index in [1.54, 1.807) is 0 Å². The topological polar surface area (TPSA) is 45.8 Å². The molecule has 3 aromatic rings. The maximum absolute atomic E-state index is 11.7. The van der Waals surface area contributed by atoms with Crippen LogP contribution >= 0.6 is 22.6 Å². The third-order valence-electron chi connectivity index (χ3n) is 3.09. The number of aromatic nitrogens is 2. The van der Waals surface area contributed by atoms with Crippen LogP contribution in [0.5, 0.6) is 0 Å². The first-order chi connectivity index (χ1) is 9.25. The van der Waals surface area contributed by atoms with Crippen molar-refractivity contribution in [2.45, 2.75) is 6.42 Å². The van der Waals surface area contributed by atoms with Crippen molar-refractivity contribution in [3.05, 3.63) is 73.7 Å². The zero-order chi connectivity index (χ0) is 13.2. The molecule has 0 aliphatic rings. The Balaban J connectivity index is 2.14. The number of benzene rings is 2. The Morgan fingerprint density at radius 3 is 2.47 bits per heavy atom. The molecule has 19 heavy (non-hydrogen) atoms. The summed E-state index contributed by atoms with van der Waals surface area (Å²) in [6.45, 7) is 0.